The molecule has 0 saturated heterocycles. The summed E-state index contributed by atoms with van der Waals surface area (Å²) in [4.78, 5) is 8.60. The maximum absolute atomic E-state index is 10.0. The van der Waals surface area contributed by atoms with Crippen molar-refractivity contribution in [3.8, 4) is 6.07 Å². The van der Waals surface area contributed by atoms with Gasteiger partial charge in [-0.3, -0.25) is 15.0 Å². The highest BCUT2D eigenvalue weighted by Gasteiger charge is 2.28. The zero-order valence-corrected chi connectivity index (χ0v) is 24.8. The Bertz CT molecular complexity index is 1550. The lowest BCUT2D eigenvalue weighted by Gasteiger charge is -2.24. The van der Waals surface area contributed by atoms with Crippen molar-refractivity contribution in [3.05, 3.63) is 101 Å². The Labute approximate surface area is 252 Å². The smallest absolute Gasteiger partial charge is 0.103 e. The lowest BCUT2D eigenvalue weighted by Crippen LogP contribution is -2.43. The summed E-state index contributed by atoms with van der Waals surface area (Å²) in [5, 5.41) is 20.7. The highest BCUT2D eigenvalue weighted by Crippen LogP contribution is 2.36. The summed E-state index contributed by atoms with van der Waals surface area (Å²) in [6, 6.07) is 16.6. The number of hydrazine groups is 2. The number of halogens is 1. The molecule has 2 heterocycles. The number of anilines is 2. The summed E-state index contributed by atoms with van der Waals surface area (Å²) in [5.74, 6) is 0. The molecule has 1 saturated carbocycles. The number of benzene rings is 2. The third kappa shape index (κ3) is 6.43. The maximum Gasteiger partial charge on any atom is 0.103 e. The number of nitrogens with one attached hydrogen (secondary N) is 4. The van der Waals surface area contributed by atoms with Crippen LogP contribution in [0.5, 0.6) is 0 Å². The van der Waals surface area contributed by atoms with Crippen LogP contribution in [0.4, 0.5) is 11.4 Å². The van der Waals surface area contributed by atoms with E-state index in [-0.39, 0.29) is 12.1 Å². The number of hydrogen-bond donors (Lipinski definition) is 4. The quantitative estimate of drug-likeness (QED) is 0.143. The van der Waals surface area contributed by atoms with Crippen LogP contribution in [0, 0.1) is 11.3 Å². The molecule has 2 aliphatic rings. The molecule has 0 radical (unpaired) electrons. The van der Waals surface area contributed by atoms with Crippen molar-refractivity contribution in [2.75, 3.05) is 17.7 Å². The van der Waals surface area contributed by atoms with Gasteiger partial charge in [0.15, 0.2) is 0 Å². The number of rotatable bonds is 11. The molecule has 1 aromatic heterocycles. The van der Waals surface area contributed by atoms with Crippen LogP contribution >= 0.6 is 11.6 Å². The zero-order chi connectivity index (χ0) is 29.5. The maximum atomic E-state index is 10.0. The first-order valence-corrected chi connectivity index (χ1v) is 14.8. The largest absolute Gasteiger partial charge is 0.377 e. The molecule has 0 spiro atoms. The van der Waals surface area contributed by atoms with E-state index in [4.69, 9.17) is 11.6 Å². The van der Waals surface area contributed by atoms with Gasteiger partial charge in [0.25, 0.3) is 0 Å². The Morgan fingerprint density at radius 3 is 2.76 bits per heavy atom. The molecule has 0 bridgehead atoms. The summed E-state index contributed by atoms with van der Waals surface area (Å²) >= 11 is 6.83. The van der Waals surface area contributed by atoms with Crippen LogP contribution in [0.1, 0.15) is 56.2 Å². The summed E-state index contributed by atoms with van der Waals surface area (Å²) in [6.07, 6.45) is 14.9. The molecule has 4 N–H and O–H groups in total. The van der Waals surface area contributed by atoms with Crippen LogP contribution < -0.4 is 21.6 Å². The molecule has 5 rings (SSSR count). The van der Waals surface area contributed by atoms with Crippen LogP contribution in [0.2, 0.25) is 5.02 Å². The first-order valence-electron chi connectivity index (χ1n) is 14.4. The van der Waals surface area contributed by atoms with E-state index in [1.807, 2.05) is 42.5 Å². The van der Waals surface area contributed by atoms with Crippen LogP contribution in [-0.4, -0.2) is 35.3 Å². The molecule has 1 aliphatic heterocycles. The van der Waals surface area contributed by atoms with E-state index in [0.29, 0.717) is 27.8 Å². The minimum atomic E-state index is -0.282. The molecule has 2 aromatic carbocycles. The van der Waals surface area contributed by atoms with E-state index in [9.17, 15) is 5.26 Å². The third-order valence-electron chi connectivity index (χ3n) is 7.84. The number of nitriles is 1. The Morgan fingerprint density at radius 1 is 1.26 bits per heavy atom. The van der Waals surface area contributed by atoms with Crippen molar-refractivity contribution in [3.63, 3.8) is 0 Å². The van der Waals surface area contributed by atoms with E-state index in [2.05, 4.69) is 74.5 Å². The lowest BCUT2D eigenvalue weighted by molar-refractivity contribution is 0.198. The summed E-state index contributed by atoms with van der Waals surface area (Å²) < 4.78 is 0. The standard InChI is InChI=1S/C33H37ClN8/c1-4-29(23-12-6-5-7-13-23)39-32-24(19-35)20-37-33-27(32)17-25(18-28(33)34)38-31(22(2)11-10-16-36-3)30-21-42(41-40-30)26-14-8-9-15-26/h5-7,10-13,16-18,20-21,26,29,31,38,40-41H,2,4,8-9,14-15H2,1,3H3,(H,37,39)/b11-10-,36-16-/t29-,31+/m1/s1. The van der Waals surface area contributed by atoms with Gasteiger partial charge in [-0.15, -0.1) is 5.53 Å². The number of allylic oxidation sites excluding steroid dienone is 1. The molecule has 1 aliphatic carbocycles. The zero-order valence-electron chi connectivity index (χ0n) is 24.1. The van der Waals surface area contributed by atoms with E-state index in [0.717, 1.165) is 47.2 Å². The van der Waals surface area contributed by atoms with Crippen molar-refractivity contribution in [1.29, 1.82) is 5.26 Å². The molecule has 8 nitrogen and oxygen atoms in total. The molecule has 1 fully saturated rings. The number of fused-ring (bicyclic) bond motifs is 1. The van der Waals surface area contributed by atoms with E-state index < -0.39 is 0 Å². The van der Waals surface area contributed by atoms with Gasteiger partial charge < -0.3 is 16.1 Å². The summed E-state index contributed by atoms with van der Waals surface area (Å²) in [7, 11) is 1.74. The van der Waals surface area contributed by atoms with Crippen LogP contribution in [0.3, 0.4) is 0 Å². The predicted molar refractivity (Wildman–Crippen MR) is 173 cm³/mol. The molecule has 0 amide bonds. The molecule has 42 heavy (non-hydrogen) atoms. The minimum absolute atomic E-state index is 0.0117. The van der Waals surface area contributed by atoms with Crippen molar-refractivity contribution < 1.29 is 0 Å². The number of pyridine rings is 1. The van der Waals surface area contributed by atoms with E-state index in [1.165, 1.54) is 12.8 Å². The van der Waals surface area contributed by atoms with Crippen molar-refractivity contribution in [2.45, 2.75) is 57.2 Å². The molecular formula is C33H37ClN8. The van der Waals surface area contributed by atoms with Crippen LogP contribution in [0.25, 0.3) is 10.9 Å². The highest BCUT2D eigenvalue weighted by molar-refractivity contribution is 6.35. The molecular weight excluding hydrogens is 544 g/mol. The SMILES string of the molecule is C=C(/C=C\C=N/C)[C@H](Nc1cc(Cl)c2ncc(C#N)c(N[C@H](CC)c3ccccc3)c2c1)C1=CN(C2CCCC2)NN1. The highest BCUT2D eigenvalue weighted by atomic mass is 35.5. The van der Waals surface area contributed by atoms with Gasteiger partial charge in [-0.2, -0.15) is 5.26 Å². The van der Waals surface area contributed by atoms with Gasteiger partial charge in [0, 0.05) is 42.8 Å². The topological polar surface area (TPSA) is 100 Å². The third-order valence-corrected chi connectivity index (χ3v) is 8.13. The van der Waals surface area contributed by atoms with Gasteiger partial charge in [0.05, 0.1) is 39.6 Å². The minimum Gasteiger partial charge on any atom is -0.377 e. The van der Waals surface area contributed by atoms with E-state index in [1.54, 1.807) is 19.5 Å². The predicted octanol–water partition coefficient (Wildman–Crippen LogP) is 7.03. The fourth-order valence-corrected chi connectivity index (χ4v) is 5.89. The average molecular weight is 581 g/mol. The second-order valence-electron chi connectivity index (χ2n) is 10.6. The Kier molecular flexibility index (Phi) is 9.42. The fourth-order valence-electron chi connectivity index (χ4n) is 5.62. The molecule has 2 atom stereocenters. The molecule has 0 unspecified atom stereocenters. The monoisotopic (exact) mass is 580 g/mol. The number of nitrogens with zero attached hydrogens (tertiary/aromatic N) is 4. The normalized spacial score (nSPS) is 16.9. The van der Waals surface area contributed by atoms with Gasteiger partial charge in [0.2, 0.25) is 0 Å². The van der Waals surface area contributed by atoms with Crippen molar-refractivity contribution >= 4 is 40.1 Å². The van der Waals surface area contributed by atoms with Crippen LogP contribution in [0.15, 0.2) is 89.9 Å². The molecule has 9 heteroatoms. The Morgan fingerprint density at radius 2 is 2.05 bits per heavy atom. The van der Waals surface area contributed by atoms with Crippen LogP contribution in [-0.2, 0) is 0 Å². The van der Waals surface area contributed by atoms with E-state index >= 15 is 0 Å². The summed E-state index contributed by atoms with van der Waals surface area (Å²) in [5.41, 5.74) is 12.2. The number of hydrogen-bond acceptors (Lipinski definition) is 8. The molecule has 3 aromatic rings. The Hall–Kier alpha value is -4.32. The fraction of sp³-hybridized carbons (Fsp3) is 0.303. The van der Waals surface area contributed by atoms with Gasteiger partial charge in [0.1, 0.15) is 6.07 Å². The average Bonchev–Trinajstić information content (AvgIpc) is 3.72. The second kappa shape index (κ2) is 13.6. The van der Waals surface area contributed by atoms with Gasteiger partial charge >= 0.3 is 0 Å². The lowest BCUT2D eigenvalue weighted by atomic mass is 10.0. The Balaban J connectivity index is 1.53. The molecule has 216 valence electrons. The first-order chi connectivity index (χ1) is 20.5. The van der Waals surface area contributed by atoms with Crippen molar-refractivity contribution in [2.24, 2.45) is 4.99 Å². The number of aliphatic imine (C=N–C) groups is 1. The van der Waals surface area contributed by atoms with Gasteiger partial charge in [-0.05, 0) is 48.6 Å². The van der Waals surface area contributed by atoms with Gasteiger partial charge in [-0.25, -0.2) is 0 Å². The first kappa shape index (κ1) is 29.2. The van der Waals surface area contributed by atoms with Crippen molar-refractivity contribution in [1.82, 2.24) is 21.0 Å². The number of aromatic nitrogens is 1. The second-order valence-corrected chi connectivity index (χ2v) is 11.0. The summed E-state index contributed by atoms with van der Waals surface area (Å²) in [6.45, 7) is 6.49. The van der Waals surface area contributed by atoms with Gasteiger partial charge in [-0.1, -0.05) is 74.4 Å².